The van der Waals surface area contributed by atoms with Crippen molar-refractivity contribution >= 4 is 5.71 Å². The molecule has 2 aliphatic rings. The number of hydrogen-bond donors (Lipinski definition) is 3. The van der Waals surface area contributed by atoms with E-state index in [-0.39, 0.29) is 12.6 Å². The van der Waals surface area contributed by atoms with Crippen LogP contribution in [-0.4, -0.2) is 32.7 Å². The van der Waals surface area contributed by atoms with Crippen LogP contribution >= 0.6 is 0 Å². The summed E-state index contributed by atoms with van der Waals surface area (Å²) in [5.41, 5.74) is 3.44. The number of allylic oxidation sites excluding steroid dienone is 1. The van der Waals surface area contributed by atoms with Crippen LogP contribution in [0.25, 0.3) is 0 Å². The van der Waals surface area contributed by atoms with Crippen LogP contribution in [0.3, 0.4) is 0 Å². The molecule has 13 heavy (non-hydrogen) atoms. The fourth-order valence-electron chi connectivity index (χ4n) is 1.19. The smallest absolute Gasteiger partial charge is 0.210 e. The molecule has 6 heteroatoms. The number of nitrogens with one attached hydrogen (secondary N) is 1. The fraction of sp³-hybridized carbons (Fsp3) is 0.286. The topological polar surface area (TPSA) is 71.3 Å². The third-order valence-electron chi connectivity index (χ3n) is 1.74. The van der Waals surface area contributed by atoms with Crippen LogP contribution in [-0.2, 0) is 0 Å². The maximum Gasteiger partial charge on any atom is 0.210 e. The monoisotopic (exact) mass is 182 g/mol. The third-order valence-corrected chi connectivity index (χ3v) is 1.74. The van der Waals surface area contributed by atoms with Crippen LogP contribution in [0, 0.1) is 0 Å². The molecule has 0 spiro atoms. The van der Waals surface area contributed by atoms with Crippen molar-refractivity contribution in [1.29, 1.82) is 0 Å². The minimum atomic E-state index is -0.179. The summed E-state index contributed by atoms with van der Waals surface area (Å²) in [6.07, 6.45) is 3.14. The second-order valence-corrected chi connectivity index (χ2v) is 2.79. The Labute approximate surface area is 75.0 Å². The Morgan fingerprint density at radius 2 is 2.38 bits per heavy atom. The van der Waals surface area contributed by atoms with Crippen LogP contribution in [0.4, 0.5) is 0 Å². The van der Waals surface area contributed by atoms with Gasteiger partial charge in [0.1, 0.15) is 6.73 Å². The summed E-state index contributed by atoms with van der Waals surface area (Å²) >= 11 is 0. The van der Waals surface area contributed by atoms with Gasteiger partial charge >= 0.3 is 0 Å². The summed E-state index contributed by atoms with van der Waals surface area (Å²) < 4.78 is 0. The molecule has 0 saturated carbocycles. The van der Waals surface area contributed by atoms with Crippen molar-refractivity contribution in [2.45, 2.75) is 6.92 Å². The maximum absolute atomic E-state index is 9.46. The zero-order chi connectivity index (χ0) is 9.42. The molecule has 2 rings (SSSR count). The summed E-state index contributed by atoms with van der Waals surface area (Å²) in [5.74, 6) is 0.626. The van der Waals surface area contributed by atoms with Gasteiger partial charge in [0.25, 0.3) is 0 Å². The van der Waals surface area contributed by atoms with Crippen molar-refractivity contribution in [3.05, 3.63) is 24.0 Å². The van der Waals surface area contributed by atoms with E-state index in [9.17, 15) is 5.11 Å². The van der Waals surface area contributed by atoms with Gasteiger partial charge in [-0.15, -0.1) is 5.53 Å². The first-order chi connectivity index (χ1) is 6.20. The fourth-order valence-corrected chi connectivity index (χ4v) is 1.19. The van der Waals surface area contributed by atoms with Crippen molar-refractivity contribution in [3.8, 4) is 0 Å². The Hall–Kier alpha value is -1.53. The molecule has 0 aromatic heterocycles. The molecule has 6 nitrogen and oxygen atoms in total. The standard InChI is InChI=1S/C7H10N4O2/c1-5-2-7(13)11-6(8-5)3-10(4-12)9-11/h2-3,9,12-13H,4H2,1H3. The van der Waals surface area contributed by atoms with Crippen LogP contribution < -0.4 is 5.53 Å². The summed E-state index contributed by atoms with van der Waals surface area (Å²) in [4.78, 5) is 4.14. The molecule has 0 aromatic rings. The molecule has 0 radical (unpaired) electrons. The first-order valence-electron chi connectivity index (χ1n) is 3.82. The van der Waals surface area contributed by atoms with Crippen LogP contribution in [0.15, 0.2) is 29.0 Å². The Morgan fingerprint density at radius 3 is 3.08 bits per heavy atom. The lowest BCUT2D eigenvalue weighted by Crippen LogP contribution is -2.41. The Bertz CT molecular complexity index is 320. The quantitative estimate of drug-likeness (QED) is 0.517. The highest BCUT2D eigenvalue weighted by atomic mass is 16.3. The predicted molar refractivity (Wildman–Crippen MR) is 45.8 cm³/mol. The largest absolute Gasteiger partial charge is 0.493 e. The van der Waals surface area contributed by atoms with Gasteiger partial charge in [-0.2, -0.15) is 0 Å². The molecule has 0 amide bonds. The zero-order valence-corrected chi connectivity index (χ0v) is 7.10. The van der Waals surface area contributed by atoms with Gasteiger partial charge in [-0.25, -0.2) is 10.0 Å². The lowest BCUT2D eigenvalue weighted by molar-refractivity contribution is 0.0431. The molecule has 0 saturated heterocycles. The van der Waals surface area contributed by atoms with Gasteiger partial charge in [0.05, 0.1) is 6.20 Å². The van der Waals surface area contributed by atoms with Crippen LogP contribution in [0.5, 0.6) is 0 Å². The van der Waals surface area contributed by atoms with E-state index in [1.807, 2.05) is 0 Å². The van der Waals surface area contributed by atoms with Crippen molar-refractivity contribution in [1.82, 2.24) is 15.6 Å². The molecule has 0 atom stereocenters. The highest BCUT2D eigenvalue weighted by Crippen LogP contribution is 2.20. The molecule has 70 valence electrons. The SMILES string of the molecule is CC1=NC2=CN(CO)NN2C(O)=C1. The van der Waals surface area contributed by atoms with Gasteiger partial charge in [-0.3, -0.25) is 5.01 Å². The average Bonchev–Trinajstić information content (AvgIpc) is 2.47. The van der Waals surface area contributed by atoms with Crippen molar-refractivity contribution in [3.63, 3.8) is 0 Å². The Kier molecular flexibility index (Phi) is 1.71. The highest BCUT2D eigenvalue weighted by molar-refractivity contribution is 5.94. The number of aliphatic hydroxyl groups is 2. The molecular weight excluding hydrogens is 172 g/mol. The van der Waals surface area contributed by atoms with Gasteiger partial charge < -0.3 is 10.2 Å². The number of fused-ring (bicyclic) bond motifs is 1. The second-order valence-electron chi connectivity index (χ2n) is 2.79. The van der Waals surface area contributed by atoms with Gasteiger partial charge in [-0.05, 0) is 6.92 Å². The summed E-state index contributed by atoms with van der Waals surface area (Å²) in [5, 5.41) is 21.0. The second kappa shape index (κ2) is 2.75. The summed E-state index contributed by atoms with van der Waals surface area (Å²) in [7, 11) is 0. The first kappa shape index (κ1) is 8.09. The molecule has 0 fully saturated rings. The number of rotatable bonds is 1. The lowest BCUT2D eigenvalue weighted by Gasteiger charge is -2.22. The molecular formula is C7H10N4O2. The Balaban J connectivity index is 2.29. The Morgan fingerprint density at radius 1 is 1.62 bits per heavy atom. The lowest BCUT2D eigenvalue weighted by atomic mass is 10.3. The van der Waals surface area contributed by atoms with E-state index in [0.29, 0.717) is 5.82 Å². The molecule has 0 aromatic carbocycles. The van der Waals surface area contributed by atoms with E-state index in [1.165, 1.54) is 16.1 Å². The van der Waals surface area contributed by atoms with E-state index in [4.69, 9.17) is 5.11 Å². The normalized spacial score (nSPS) is 20.9. The molecule has 2 aliphatic heterocycles. The predicted octanol–water partition coefficient (Wildman–Crippen LogP) is -0.354. The van der Waals surface area contributed by atoms with Crippen molar-refractivity contribution in [2.75, 3.05) is 6.73 Å². The molecule has 2 heterocycles. The summed E-state index contributed by atoms with van der Waals surface area (Å²) in [6.45, 7) is 1.61. The highest BCUT2D eigenvalue weighted by Gasteiger charge is 2.25. The number of hydrazine groups is 2. The van der Waals surface area contributed by atoms with E-state index in [0.717, 1.165) is 5.71 Å². The van der Waals surface area contributed by atoms with Gasteiger partial charge in [0.15, 0.2) is 5.82 Å². The van der Waals surface area contributed by atoms with Crippen LogP contribution in [0.2, 0.25) is 0 Å². The number of hydrogen-bond acceptors (Lipinski definition) is 6. The number of nitrogens with zero attached hydrogens (tertiary/aromatic N) is 3. The zero-order valence-electron chi connectivity index (χ0n) is 7.10. The van der Waals surface area contributed by atoms with E-state index in [1.54, 1.807) is 13.1 Å². The van der Waals surface area contributed by atoms with Gasteiger partial charge in [-0.1, -0.05) is 0 Å². The molecule has 0 bridgehead atoms. The minimum absolute atomic E-state index is 0.0645. The molecule has 0 unspecified atom stereocenters. The third kappa shape index (κ3) is 1.25. The van der Waals surface area contributed by atoms with Gasteiger partial charge in [0.2, 0.25) is 5.88 Å². The maximum atomic E-state index is 9.46. The van der Waals surface area contributed by atoms with Crippen LogP contribution in [0.1, 0.15) is 6.92 Å². The van der Waals surface area contributed by atoms with E-state index in [2.05, 4.69) is 10.5 Å². The molecule has 0 aliphatic carbocycles. The van der Waals surface area contributed by atoms with Gasteiger partial charge in [0, 0.05) is 11.8 Å². The van der Waals surface area contributed by atoms with Crippen molar-refractivity contribution in [2.24, 2.45) is 4.99 Å². The first-order valence-corrected chi connectivity index (χ1v) is 3.82. The number of aliphatic imine (C=N–C) groups is 1. The van der Waals surface area contributed by atoms with E-state index >= 15 is 0 Å². The minimum Gasteiger partial charge on any atom is -0.493 e. The summed E-state index contributed by atoms with van der Waals surface area (Å²) in [6, 6.07) is 0. The number of aliphatic hydroxyl groups excluding tert-OH is 2. The molecule has 3 N–H and O–H groups in total. The van der Waals surface area contributed by atoms with Crippen molar-refractivity contribution < 1.29 is 10.2 Å². The van der Waals surface area contributed by atoms with E-state index < -0.39 is 0 Å². The average molecular weight is 182 g/mol.